The molecule has 0 saturated carbocycles. The van der Waals surface area contributed by atoms with Crippen molar-refractivity contribution in [1.82, 2.24) is 9.88 Å². The molecular formula is C39H38N4. The lowest BCUT2D eigenvalue weighted by atomic mass is 9.96. The Morgan fingerprint density at radius 3 is 1.63 bits per heavy atom. The van der Waals surface area contributed by atoms with Crippen LogP contribution in [0.2, 0.25) is 0 Å². The number of benzene rings is 4. The van der Waals surface area contributed by atoms with Gasteiger partial charge >= 0.3 is 0 Å². The summed E-state index contributed by atoms with van der Waals surface area (Å²) in [5.41, 5.74) is 11.1. The normalized spacial score (nSPS) is 14.4. The van der Waals surface area contributed by atoms with Crippen molar-refractivity contribution < 1.29 is 0 Å². The Morgan fingerprint density at radius 1 is 0.558 bits per heavy atom. The number of likely N-dealkylation sites (N-methyl/N-ethyl adjacent to an activating group) is 1. The van der Waals surface area contributed by atoms with Crippen LogP contribution in [-0.2, 0) is 0 Å². The summed E-state index contributed by atoms with van der Waals surface area (Å²) in [5, 5.41) is 0. The van der Waals surface area contributed by atoms with E-state index in [9.17, 15) is 0 Å². The smallest absolute Gasteiger partial charge is 0.0715 e. The maximum atomic E-state index is 5.17. The summed E-state index contributed by atoms with van der Waals surface area (Å²) in [6.45, 7) is 0. The molecule has 6 rings (SSSR count). The van der Waals surface area contributed by atoms with Crippen LogP contribution in [0.3, 0.4) is 0 Å². The summed E-state index contributed by atoms with van der Waals surface area (Å²) in [7, 11) is 8.38. The van der Waals surface area contributed by atoms with Gasteiger partial charge in [0.1, 0.15) is 0 Å². The minimum Gasteiger partial charge on any atom is -0.378 e. The molecule has 0 spiro atoms. The number of hydrogen-bond acceptors (Lipinski definition) is 4. The summed E-state index contributed by atoms with van der Waals surface area (Å²) in [6.07, 6.45) is 7.79. The van der Waals surface area contributed by atoms with Gasteiger partial charge in [-0.15, -0.1) is 0 Å². The van der Waals surface area contributed by atoms with E-state index in [2.05, 4.69) is 182 Å². The predicted octanol–water partition coefficient (Wildman–Crippen LogP) is 9.22. The molecule has 1 aromatic heterocycles. The third kappa shape index (κ3) is 6.30. The maximum Gasteiger partial charge on any atom is 0.0715 e. The van der Waals surface area contributed by atoms with E-state index in [-0.39, 0.29) is 0 Å². The number of aromatic nitrogens is 1. The number of nitrogens with zero attached hydrogens (tertiary/aromatic N) is 4. The second-order valence-corrected chi connectivity index (χ2v) is 11.4. The molecule has 214 valence electrons. The van der Waals surface area contributed by atoms with Crippen molar-refractivity contribution in [2.45, 2.75) is 12.5 Å². The molecule has 4 heteroatoms. The van der Waals surface area contributed by atoms with Gasteiger partial charge in [0.15, 0.2) is 0 Å². The van der Waals surface area contributed by atoms with Gasteiger partial charge in [-0.05, 0) is 97.9 Å². The van der Waals surface area contributed by atoms with Gasteiger partial charge in [-0.2, -0.15) is 0 Å². The molecular weight excluding hydrogens is 524 g/mol. The van der Waals surface area contributed by atoms with Crippen molar-refractivity contribution in [2.75, 3.05) is 38.0 Å². The minimum absolute atomic E-state index is 0.412. The number of allylic oxidation sites excluding steroid dienone is 2. The van der Waals surface area contributed by atoms with Crippen molar-refractivity contribution >= 4 is 28.3 Å². The van der Waals surface area contributed by atoms with E-state index in [1.165, 1.54) is 11.3 Å². The Labute approximate surface area is 255 Å². The summed E-state index contributed by atoms with van der Waals surface area (Å²) in [5.74, 6) is 0. The fourth-order valence-corrected chi connectivity index (χ4v) is 5.51. The molecule has 1 heterocycles. The summed E-state index contributed by atoms with van der Waals surface area (Å²) in [4.78, 5) is 11.8. The molecule has 0 N–H and O–H groups in total. The molecule has 0 radical (unpaired) electrons. The van der Waals surface area contributed by atoms with Gasteiger partial charge in [-0.3, -0.25) is 0 Å². The van der Waals surface area contributed by atoms with Crippen LogP contribution in [0.25, 0.3) is 28.0 Å². The van der Waals surface area contributed by atoms with Gasteiger partial charge in [0.25, 0.3) is 0 Å². The molecule has 5 aromatic rings. The molecule has 0 bridgehead atoms. The third-order valence-electron chi connectivity index (χ3n) is 8.03. The highest BCUT2D eigenvalue weighted by Crippen LogP contribution is 2.36. The average Bonchev–Trinajstić information content (AvgIpc) is 3.06. The zero-order chi connectivity index (χ0) is 29.8. The molecule has 1 aliphatic rings. The van der Waals surface area contributed by atoms with E-state index in [0.29, 0.717) is 6.04 Å². The van der Waals surface area contributed by atoms with Crippen LogP contribution in [0.15, 0.2) is 140 Å². The molecule has 0 amide bonds. The number of pyridine rings is 1. The van der Waals surface area contributed by atoms with Crippen LogP contribution < -0.4 is 9.80 Å². The fourth-order valence-electron chi connectivity index (χ4n) is 5.51. The summed E-state index contributed by atoms with van der Waals surface area (Å²) in [6, 6.07) is 43.4. The molecule has 0 saturated heterocycles. The predicted molar refractivity (Wildman–Crippen MR) is 183 cm³/mol. The zero-order valence-electron chi connectivity index (χ0n) is 25.4. The Bertz CT molecular complexity index is 1680. The Balaban J connectivity index is 1.40. The number of hydrogen-bond donors (Lipinski definition) is 0. The SMILES string of the molecule is CN(C)c1ccc(-c2cc(-c3ccc(N(c4ccccc4)c4ccccc4)cc3)cc(C3=CCC(N(C)C)C=C3)n2)cc1. The third-order valence-corrected chi connectivity index (χ3v) is 8.03. The van der Waals surface area contributed by atoms with Gasteiger partial charge < -0.3 is 14.7 Å². The first kappa shape index (κ1) is 28.2. The fraction of sp³-hybridized carbons (Fsp3) is 0.154. The summed E-state index contributed by atoms with van der Waals surface area (Å²) >= 11 is 0. The lowest BCUT2D eigenvalue weighted by Crippen LogP contribution is -2.26. The molecule has 0 aliphatic heterocycles. The van der Waals surface area contributed by atoms with E-state index in [4.69, 9.17) is 4.98 Å². The van der Waals surface area contributed by atoms with Crippen LogP contribution in [0.1, 0.15) is 12.1 Å². The van der Waals surface area contributed by atoms with Crippen molar-refractivity contribution in [3.8, 4) is 22.4 Å². The van der Waals surface area contributed by atoms with Crippen LogP contribution in [0, 0.1) is 0 Å². The van der Waals surface area contributed by atoms with Gasteiger partial charge in [-0.1, -0.05) is 78.9 Å². The second-order valence-electron chi connectivity index (χ2n) is 11.4. The van der Waals surface area contributed by atoms with E-state index >= 15 is 0 Å². The van der Waals surface area contributed by atoms with Gasteiger partial charge in [0.05, 0.1) is 11.4 Å². The molecule has 1 atom stereocenters. The van der Waals surface area contributed by atoms with Crippen molar-refractivity contribution in [2.24, 2.45) is 0 Å². The first-order valence-corrected chi connectivity index (χ1v) is 14.8. The highest BCUT2D eigenvalue weighted by Gasteiger charge is 2.16. The van der Waals surface area contributed by atoms with Crippen LogP contribution in [0.5, 0.6) is 0 Å². The highest BCUT2D eigenvalue weighted by atomic mass is 15.1. The highest BCUT2D eigenvalue weighted by molar-refractivity contribution is 5.82. The molecule has 4 nitrogen and oxygen atoms in total. The molecule has 0 fully saturated rings. The monoisotopic (exact) mass is 562 g/mol. The number of anilines is 4. The maximum absolute atomic E-state index is 5.17. The van der Waals surface area contributed by atoms with E-state index in [0.717, 1.165) is 51.6 Å². The number of rotatable bonds is 8. The van der Waals surface area contributed by atoms with Crippen molar-refractivity contribution in [3.05, 3.63) is 145 Å². The average molecular weight is 563 g/mol. The quantitative estimate of drug-likeness (QED) is 0.188. The standard InChI is InChI=1S/C39H38N4/c1-41(2)33-21-17-30(18-22-33)38-27-32(28-39(40-38)31-19-23-34(24-20-31)42(3)4)29-15-25-37(26-16-29)43(35-11-7-5-8-12-35)36-13-9-6-10-14-36/h5-23,25-28,34H,24H2,1-4H3. The molecule has 4 aromatic carbocycles. The van der Waals surface area contributed by atoms with Crippen LogP contribution >= 0.6 is 0 Å². The first-order valence-electron chi connectivity index (χ1n) is 14.8. The van der Waals surface area contributed by atoms with E-state index < -0.39 is 0 Å². The van der Waals surface area contributed by atoms with E-state index in [1.807, 2.05) is 0 Å². The zero-order valence-corrected chi connectivity index (χ0v) is 25.4. The lowest BCUT2D eigenvalue weighted by Gasteiger charge is -2.25. The van der Waals surface area contributed by atoms with E-state index in [1.54, 1.807) is 0 Å². The summed E-state index contributed by atoms with van der Waals surface area (Å²) < 4.78 is 0. The second kappa shape index (κ2) is 12.5. The van der Waals surface area contributed by atoms with Crippen LogP contribution in [-0.4, -0.2) is 44.1 Å². The largest absolute Gasteiger partial charge is 0.378 e. The van der Waals surface area contributed by atoms with Gasteiger partial charge in [0.2, 0.25) is 0 Å². The Kier molecular flexibility index (Phi) is 8.21. The lowest BCUT2D eigenvalue weighted by molar-refractivity contribution is 0.344. The molecule has 43 heavy (non-hydrogen) atoms. The first-order chi connectivity index (χ1) is 21.0. The van der Waals surface area contributed by atoms with Crippen LogP contribution in [0.4, 0.5) is 22.7 Å². The van der Waals surface area contributed by atoms with Crippen molar-refractivity contribution in [1.29, 1.82) is 0 Å². The topological polar surface area (TPSA) is 22.6 Å². The molecule has 1 aliphatic carbocycles. The van der Waals surface area contributed by atoms with Crippen molar-refractivity contribution in [3.63, 3.8) is 0 Å². The van der Waals surface area contributed by atoms with Gasteiger partial charge in [0, 0.05) is 48.5 Å². The Hall–Kier alpha value is -4.93. The Morgan fingerprint density at radius 2 is 1.09 bits per heavy atom. The molecule has 1 unspecified atom stereocenters. The minimum atomic E-state index is 0.412. The number of para-hydroxylation sites is 2. The van der Waals surface area contributed by atoms with Gasteiger partial charge in [-0.25, -0.2) is 4.98 Å².